The second-order valence-corrected chi connectivity index (χ2v) is 6.32. The largest absolute Gasteiger partial charge is 0.496 e. The number of hydrogen-bond donors (Lipinski definition) is 0. The quantitative estimate of drug-likeness (QED) is 0.550. The van der Waals surface area contributed by atoms with E-state index in [4.69, 9.17) is 9.72 Å². The second-order valence-electron chi connectivity index (χ2n) is 6.32. The Morgan fingerprint density at radius 3 is 2.28 bits per heavy atom. The molecule has 0 amide bonds. The Hall–Kier alpha value is -2.09. The first-order valence-corrected chi connectivity index (χ1v) is 9.54. The van der Waals surface area contributed by atoms with E-state index < -0.39 is 0 Å². The van der Waals surface area contributed by atoms with Gasteiger partial charge < -0.3 is 4.74 Å². The number of nitrogens with zero attached hydrogens (tertiary/aromatic N) is 1. The fraction of sp³-hybridized carbons (Fsp3) is 0.435. The van der Waals surface area contributed by atoms with Crippen LogP contribution in [0.3, 0.4) is 0 Å². The summed E-state index contributed by atoms with van der Waals surface area (Å²) < 4.78 is 5.75. The molecule has 0 radical (unpaired) electrons. The number of aryl methyl sites for hydroxylation is 2. The molecule has 0 bridgehead atoms. The van der Waals surface area contributed by atoms with Crippen molar-refractivity contribution in [2.75, 3.05) is 7.11 Å². The van der Waals surface area contributed by atoms with Gasteiger partial charge in [0.15, 0.2) is 0 Å². The van der Waals surface area contributed by atoms with E-state index in [0.717, 1.165) is 49.1 Å². The predicted molar refractivity (Wildman–Crippen MR) is 108 cm³/mol. The van der Waals surface area contributed by atoms with Crippen LogP contribution in [0.15, 0.2) is 36.5 Å². The third-order valence-corrected chi connectivity index (χ3v) is 4.66. The molecule has 2 rings (SSSR count). The molecule has 1 aromatic heterocycles. The minimum Gasteiger partial charge on any atom is -0.496 e. The molecule has 0 fully saturated rings. The second kappa shape index (κ2) is 9.41. The molecule has 0 aliphatic rings. The van der Waals surface area contributed by atoms with Gasteiger partial charge in [-0.2, -0.15) is 0 Å². The van der Waals surface area contributed by atoms with Crippen molar-refractivity contribution in [3.8, 4) is 17.0 Å². The summed E-state index contributed by atoms with van der Waals surface area (Å²) in [5, 5.41) is 0. The van der Waals surface area contributed by atoms with E-state index in [1.165, 1.54) is 22.3 Å². The van der Waals surface area contributed by atoms with Crippen molar-refractivity contribution < 1.29 is 4.74 Å². The first-order chi connectivity index (χ1) is 12.2. The molecule has 1 aromatic carbocycles. The van der Waals surface area contributed by atoms with Gasteiger partial charge in [0.25, 0.3) is 0 Å². The van der Waals surface area contributed by atoms with Gasteiger partial charge in [-0.25, -0.2) is 0 Å². The smallest absolute Gasteiger partial charge is 0.130 e. The molecule has 25 heavy (non-hydrogen) atoms. The van der Waals surface area contributed by atoms with Gasteiger partial charge in [0.1, 0.15) is 5.75 Å². The highest BCUT2D eigenvalue weighted by Crippen LogP contribution is 2.34. The zero-order valence-corrected chi connectivity index (χ0v) is 16.4. The maximum atomic E-state index is 5.75. The van der Waals surface area contributed by atoms with Crippen molar-refractivity contribution in [1.29, 1.82) is 0 Å². The minimum absolute atomic E-state index is 0.922. The van der Waals surface area contributed by atoms with E-state index >= 15 is 0 Å². The maximum absolute atomic E-state index is 5.75. The highest BCUT2D eigenvalue weighted by atomic mass is 16.5. The molecule has 0 aliphatic heterocycles. The van der Waals surface area contributed by atoms with Crippen molar-refractivity contribution in [1.82, 2.24) is 4.98 Å². The van der Waals surface area contributed by atoms with Gasteiger partial charge in [-0.3, -0.25) is 4.98 Å². The number of ether oxygens (including phenoxy) is 1. The number of benzene rings is 1. The van der Waals surface area contributed by atoms with Crippen LogP contribution in [0.25, 0.3) is 16.8 Å². The summed E-state index contributed by atoms with van der Waals surface area (Å²) in [7, 11) is 1.75. The average Bonchev–Trinajstić information content (AvgIpc) is 2.66. The van der Waals surface area contributed by atoms with Crippen LogP contribution in [0.4, 0.5) is 0 Å². The molecule has 0 N–H and O–H groups in total. The zero-order valence-electron chi connectivity index (χ0n) is 16.4. The van der Waals surface area contributed by atoms with Gasteiger partial charge in [-0.05, 0) is 42.4 Å². The molecule has 134 valence electrons. The summed E-state index contributed by atoms with van der Waals surface area (Å²) in [4.78, 5) is 4.84. The van der Waals surface area contributed by atoms with Crippen molar-refractivity contribution in [2.45, 2.75) is 59.8 Å². The number of methoxy groups -OCH3 is 1. The Labute approximate surface area is 153 Å². The van der Waals surface area contributed by atoms with E-state index in [9.17, 15) is 0 Å². The summed E-state index contributed by atoms with van der Waals surface area (Å²) in [6.45, 7) is 8.79. The van der Waals surface area contributed by atoms with Crippen LogP contribution in [0.5, 0.6) is 5.75 Å². The Morgan fingerprint density at radius 2 is 1.76 bits per heavy atom. The van der Waals surface area contributed by atoms with Crippen LogP contribution in [0.1, 0.15) is 63.6 Å². The first kappa shape index (κ1) is 19.2. The zero-order chi connectivity index (χ0) is 18.2. The van der Waals surface area contributed by atoms with Gasteiger partial charge in [0.05, 0.1) is 12.8 Å². The average molecular weight is 338 g/mol. The summed E-state index contributed by atoms with van der Waals surface area (Å²) in [5.74, 6) is 0.922. The molecule has 0 atom stereocenters. The molecular weight excluding hydrogens is 306 g/mol. The van der Waals surface area contributed by atoms with Crippen LogP contribution in [0.2, 0.25) is 0 Å². The maximum Gasteiger partial charge on any atom is 0.130 e. The lowest BCUT2D eigenvalue weighted by atomic mass is 9.93. The Morgan fingerprint density at radius 1 is 1.08 bits per heavy atom. The minimum atomic E-state index is 0.922. The molecule has 0 aliphatic carbocycles. The van der Waals surface area contributed by atoms with Gasteiger partial charge in [0.2, 0.25) is 0 Å². The van der Waals surface area contributed by atoms with Gasteiger partial charge >= 0.3 is 0 Å². The SMILES string of the molecule is CC/C=C(\CCC)c1cnc(-c2c(CC)cccc2CC)cc1OC. The number of rotatable bonds is 8. The summed E-state index contributed by atoms with van der Waals surface area (Å²) in [6, 6.07) is 8.67. The Kier molecular flexibility index (Phi) is 7.24. The lowest BCUT2D eigenvalue weighted by Gasteiger charge is -2.16. The topological polar surface area (TPSA) is 22.1 Å². The summed E-state index contributed by atoms with van der Waals surface area (Å²) in [6.07, 6.45) is 9.50. The van der Waals surface area contributed by atoms with Gasteiger partial charge in [-0.15, -0.1) is 0 Å². The van der Waals surface area contributed by atoms with E-state index in [1.807, 2.05) is 6.20 Å². The highest BCUT2D eigenvalue weighted by molar-refractivity contribution is 5.75. The molecular formula is C23H31NO. The van der Waals surface area contributed by atoms with Crippen molar-refractivity contribution in [3.63, 3.8) is 0 Å². The van der Waals surface area contributed by atoms with Crippen LogP contribution in [0, 0.1) is 0 Å². The molecule has 0 spiro atoms. The predicted octanol–water partition coefficient (Wildman–Crippen LogP) is 6.48. The molecule has 2 heteroatoms. The normalized spacial score (nSPS) is 11.6. The standard InChI is InChI=1S/C23H31NO/c1-6-11-19(12-7-2)20-16-24-21(15-22(20)25-5)23-17(8-3)13-10-14-18(23)9-4/h10-11,13-16H,6-9,12H2,1-5H3/b19-11+. The number of pyridine rings is 1. The van der Waals surface area contributed by atoms with E-state index in [1.54, 1.807) is 7.11 Å². The third kappa shape index (κ3) is 4.31. The number of hydrogen-bond acceptors (Lipinski definition) is 2. The third-order valence-electron chi connectivity index (χ3n) is 4.66. The Bertz CT molecular complexity index is 709. The van der Waals surface area contributed by atoms with Crippen molar-refractivity contribution >= 4 is 5.57 Å². The van der Waals surface area contributed by atoms with Crippen LogP contribution in [-0.2, 0) is 12.8 Å². The summed E-state index contributed by atoms with van der Waals surface area (Å²) >= 11 is 0. The van der Waals surface area contributed by atoms with Crippen LogP contribution in [-0.4, -0.2) is 12.1 Å². The fourth-order valence-electron chi connectivity index (χ4n) is 3.42. The molecule has 2 nitrogen and oxygen atoms in total. The molecule has 2 aromatic rings. The fourth-order valence-corrected chi connectivity index (χ4v) is 3.42. The monoisotopic (exact) mass is 337 g/mol. The molecule has 0 saturated heterocycles. The van der Waals surface area contributed by atoms with Crippen LogP contribution < -0.4 is 4.74 Å². The van der Waals surface area contributed by atoms with E-state index in [2.05, 4.69) is 58.0 Å². The van der Waals surface area contributed by atoms with Crippen molar-refractivity contribution in [3.05, 3.63) is 53.2 Å². The molecule has 0 saturated carbocycles. The van der Waals surface area contributed by atoms with E-state index in [-0.39, 0.29) is 0 Å². The summed E-state index contributed by atoms with van der Waals surface area (Å²) in [5.41, 5.74) is 7.44. The lowest BCUT2D eigenvalue weighted by molar-refractivity contribution is 0.413. The highest BCUT2D eigenvalue weighted by Gasteiger charge is 2.15. The van der Waals surface area contributed by atoms with Gasteiger partial charge in [-0.1, -0.05) is 58.4 Å². The Balaban J connectivity index is 2.59. The first-order valence-electron chi connectivity index (χ1n) is 9.54. The van der Waals surface area contributed by atoms with Gasteiger partial charge in [0, 0.05) is 23.4 Å². The number of allylic oxidation sites excluding steroid dienone is 2. The van der Waals surface area contributed by atoms with Crippen LogP contribution >= 0.6 is 0 Å². The molecule has 1 heterocycles. The molecule has 0 unspecified atom stereocenters. The lowest BCUT2D eigenvalue weighted by Crippen LogP contribution is -1.99. The van der Waals surface area contributed by atoms with E-state index in [0.29, 0.717) is 0 Å². The number of aromatic nitrogens is 1. The van der Waals surface area contributed by atoms with Crippen molar-refractivity contribution in [2.24, 2.45) is 0 Å².